The van der Waals surface area contributed by atoms with Crippen molar-refractivity contribution in [3.05, 3.63) is 29.8 Å². The Labute approximate surface area is 109 Å². The zero-order valence-electron chi connectivity index (χ0n) is 11.4. The molecule has 1 rings (SSSR count). The maximum Gasteiger partial charge on any atom is 0.255 e. The van der Waals surface area contributed by atoms with Crippen LogP contribution in [0, 0.1) is 5.92 Å². The first-order valence-electron chi connectivity index (χ1n) is 6.59. The van der Waals surface area contributed by atoms with E-state index < -0.39 is 0 Å². The van der Waals surface area contributed by atoms with Crippen molar-refractivity contribution in [3.63, 3.8) is 0 Å². The molecule has 1 aromatic carbocycles. The maximum absolute atomic E-state index is 11.9. The first-order valence-corrected chi connectivity index (χ1v) is 6.59. The maximum atomic E-state index is 11.9. The number of hydrogen-bond acceptors (Lipinski definition) is 2. The molecule has 1 aromatic rings. The van der Waals surface area contributed by atoms with Crippen LogP contribution in [0.4, 0.5) is 0 Å². The van der Waals surface area contributed by atoms with Crippen molar-refractivity contribution in [1.29, 1.82) is 0 Å². The van der Waals surface area contributed by atoms with Crippen LogP contribution >= 0.6 is 0 Å². The van der Waals surface area contributed by atoms with Gasteiger partial charge in [0.2, 0.25) is 0 Å². The number of amides is 1. The molecule has 0 saturated heterocycles. The molecule has 0 radical (unpaired) electrons. The van der Waals surface area contributed by atoms with E-state index in [1.165, 1.54) is 12.5 Å². The molecule has 1 atom stereocenters. The summed E-state index contributed by atoms with van der Waals surface area (Å²) in [6.45, 7) is 6.40. The lowest BCUT2D eigenvalue weighted by molar-refractivity contribution is 0.0935. The molecular weight excluding hydrogens is 226 g/mol. The molecule has 0 heterocycles. The Morgan fingerprint density at radius 1 is 1.22 bits per heavy atom. The summed E-state index contributed by atoms with van der Waals surface area (Å²) in [7, 11) is 0. The summed E-state index contributed by atoms with van der Waals surface area (Å²) in [5.41, 5.74) is 0.341. The predicted molar refractivity (Wildman–Crippen MR) is 73.7 cm³/mol. The van der Waals surface area contributed by atoms with Crippen LogP contribution in [0.25, 0.3) is 0 Å². The van der Waals surface area contributed by atoms with E-state index in [4.69, 9.17) is 0 Å². The minimum absolute atomic E-state index is 0.0318. The molecule has 0 aliphatic heterocycles. The van der Waals surface area contributed by atoms with Crippen LogP contribution < -0.4 is 5.32 Å². The number of carbonyl (C=O) groups excluding carboxylic acids is 1. The van der Waals surface area contributed by atoms with E-state index in [-0.39, 0.29) is 17.7 Å². The molecule has 0 aliphatic carbocycles. The molecule has 3 heteroatoms. The van der Waals surface area contributed by atoms with E-state index >= 15 is 0 Å². The van der Waals surface area contributed by atoms with Gasteiger partial charge in [-0.25, -0.2) is 0 Å². The molecule has 18 heavy (non-hydrogen) atoms. The van der Waals surface area contributed by atoms with E-state index in [9.17, 15) is 9.90 Å². The molecule has 1 unspecified atom stereocenters. The molecule has 3 nitrogen and oxygen atoms in total. The van der Waals surface area contributed by atoms with Gasteiger partial charge in [0.05, 0.1) is 5.56 Å². The number of benzene rings is 1. The van der Waals surface area contributed by atoms with Gasteiger partial charge in [-0.2, -0.15) is 0 Å². The predicted octanol–water partition coefficient (Wildman–Crippen LogP) is 3.34. The smallest absolute Gasteiger partial charge is 0.255 e. The summed E-state index contributed by atoms with van der Waals surface area (Å²) in [6.07, 6.45) is 3.26. The third-order valence-corrected chi connectivity index (χ3v) is 2.94. The molecule has 0 aliphatic rings. The van der Waals surface area contributed by atoms with Crippen LogP contribution in [0.5, 0.6) is 5.75 Å². The summed E-state index contributed by atoms with van der Waals surface area (Å²) in [5, 5.41) is 12.5. The Balaban J connectivity index is 2.43. The Morgan fingerprint density at radius 3 is 2.50 bits per heavy atom. The third kappa shape index (κ3) is 4.78. The fourth-order valence-electron chi connectivity index (χ4n) is 1.87. The first-order chi connectivity index (χ1) is 8.50. The van der Waals surface area contributed by atoms with Crippen LogP contribution in [0.2, 0.25) is 0 Å². The SMILES string of the molecule is CC(C)CCCC(C)NC(=O)c1ccccc1O. The van der Waals surface area contributed by atoms with Gasteiger partial charge in [0.1, 0.15) is 5.75 Å². The van der Waals surface area contributed by atoms with Crippen molar-refractivity contribution in [2.45, 2.75) is 46.1 Å². The molecule has 0 aromatic heterocycles. The molecule has 2 N–H and O–H groups in total. The van der Waals surface area contributed by atoms with E-state index in [1.54, 1.807) is 18.2 Å². The minimum Gasteiger partial charge on any atom is -0.507 e. The van der Waals surface area contributed by atoms with Crippen molar-refractivity contribution < 1.29 is 9.90 Å². The number of hydrogen-bond donors (Lipinski definition) is 2. The molecule has 0 spiro atoms. The van der Waals surface area contributed by atoms with E-state index in [2.05, 4.69) is 19.2 Å². The van der Waals surface area contributed by atoms with Gasteiger partial charge in [-0.05, 0) is 31.4 Å². The number of phenols is 1. The quantitative estimate of drug-likeness (QED) is 0.812. The van der Waals surface area contributed by atoms with Crippen LogP contribution in [0.15, 0.2) is 24.3 Å². The number of nitrogens with one attached hydrogen (secondary N) is 1. The summed E-state index contributed by atoms with van der Waals surface area (Å²) in [6, 6.07) is 6.75. The lowest BCUT2D eigenvalue weighted by Gasteiger charge is -2.15. The topological polar surface area (TPSA) is 49.3 Å². The second kappa shape index (κ2) is 7.04. The van der Waals surface area contributed by atoms with Crippen molar-refractivity contribution in [1.82, 2.24) is 5.32 Å². The van der Waals surface area contributed by atoms with Crippen LogP contribution in [-0.2, 0) is 0 Å². The minimum atomic E-state index is -0.204. The van der Waals surface area contributed by atoms with Crippen molar-refractivity contribution >= 4 is 5.91 Å². The lowest BCUT2D eigenvalue weighted by atomic mass is 10.0. The highest BCUT2D eigenvalue weighted by Crippen LogP contribution is 2.16. The molecular formula is C15H23NO2. The average molecular weight is 249 g/mol. The first kappa shape index (κ1) is 14.6. The second-order valence-corrected chi connectivity index (χ2v) is 5.22. The van der Waals surface area contributed by atoms with Crippen LogP contribution in [-0.4, -0.2) is 17.1 Å². The number of para-hydroxylation sites is 1. The van der Waals surface area contributed by atoms with Gasteiger partial charge in [0.25, 0.3) is 5.91 Å². The molecule has 0 saturated carbocycles. The zero-order valence-corrected chi connectivity index (χ0v) is 11.4. The highest BCUT2D eigenvalue weighted by molar-refractivity contribution is 5.96. The fourth-order valence-corrected chi connectivity index (χ4v) is 1.87. The second-order valence-electron chi connectivity index (χ2n) is 5.22. The average Bonchev–Trinajstić information content (AvgIpc) is 2.28. The van der Waals surface area contributed by atoms with E-state index in [0.717, 1.165) is 12.8 Å². The summed E-state index contributed by atoms with van der Waals surface area (Å²) in [5.74, 6) is 0.528. The molecule has 100 valence electrons. The Bertz CT molecular complexity index is 388. The molecule has 0 bridgehead atoms. The number of aromatic hydroxyl groups is 1. The van der Waals surface area contributed by atoms with Crippen LogP contribution in [0.1, 0.15) is 50.4 Å². The van der Waals surface area contributed by atoms with Crippen molar-refractivity contribution in [2.75, 3.05) is 0 Å². The fraction of sp³-hybridized carbons (Fsp3) is 0.533. The Kier molecular flexibility index (Phi) is 5.69. The lowest BCUT2D eigenvalue weighted by Crippen LogP contribution is -2.32. The van der Waals surface area contributed by atoms with Gasteiger partial charge < -0.3 is 10.4 Å². The van der Waals surface area contributed by atoms with Crippen molar-refractivity contribution in [3.8, 4) is 5.75 Å². The summed E-state index contributed by atoms with van der Waals surface area (Å²) >= 11 is 0. The van der Waals surface area contributed by atoms with Gasteiger partial charge in [-0.1, -0.05) is 38.8 Å². The van der Waals surface area contributed by atoms with Gasteiger partial charge >= 0.3 is 0 Å². The van der Waals surface area contributed by atoms with Gasteiger partial charge in [0.15, 0.2) is 0 Å². The normalized spacial score (nSPS) is 12.4. The monoisotopic (exact) mass is 249 g/mol. The Morgan fingerprint density at radius 2 is 1.89 bits per heavy atom. The highest BCUT2D eigenvalue weighted by atomic mass is 16.3. The molecule has 1 amide bonds. The zero-order chi connectivity index (χ0) is 13.5. The third-order valence-electron chi connectivity index (χ3n) is 2.94. The number of carbonyl (C=O) groups is 1. The highest BCUT2D eigenvalue weighted by Gasteiger charge is 2.12. The number of phenolic OH excluding ortho intramolecular Hbond substituents is 1. The van der Waals surface area contributed by atoms with Crippen LogP contribution in [0.3, 0.4) is 0 Å². The van der Waals surface area contributed by atoms with Gasteiger partial charge in [-0.15, -0.1) is 0 Å². The number of rotatable bonds is 6. The molecule has 0 fully saturated rings. The van der Waals surface area contributed by atoms with E-state index in [0.29, 0.717) is 11.5 Å². The van der Waals surface area contributed by atoms with Gasteiger partial charge in [-0.3, -0.25) is 4.79 Å². The van der Waals surface area contributed by atoms with Gasteiger partial charge in [0, 0.05) is 6.04 Å². The largest absolute Gasteiger partial charge is 0.507 e. The summed E-state index contributed by atoms with van der Waals surface area (Å²) in [4.78, 5) is 11.9. The standard InChI is InChI=1S/C15H23NO2/c1-11(2)7-6-8-12(3)16-15(18)13-9-4-5-10-14(13)17/h4-5,9-12,17H,6-8H2,1-3H3,(H,16,18). The van der Waals surface area contributed by atoms with E-state index in [1.807, 2.05) is 6.92 Å². The Hall–Kier alpha value is -1.51. The summed E-state index contributed by atoms with van der Waals surface area (Å²) < 4.78 is 0. The van der Waals surface area contributed by atoms with Crippen molar-refractivity contribution in [2.24, 2.45) is 5.92 Å².